The molecular formula is C11H19NO3. The van der Waals surface area contributed by atoms with Gasteiger partial charge in [-0.25, -0.2) is 0 Å². The summed E-state index contributed by atoms with van der Waals surface area (Å²) in [5.74, 6) is -2.10. The van der Waals surface area contributed by atoms with E-state index in [9.17, 15) is 14.4 Å². The molecule has 0 aliphatic heterocycles. The van der Waals surface area contributed by atoms with Crippen LogP contribution in [0.15, 0.2) is 0 Å². The third kappa shape index (κ3) is 4.23. The Balaban J connectivity index is 4.30. The van der Waals surface area contributed by atoms with Crippen LogP contribution in [-0.4, -0.2) is 35.5 Å². The van der Waals surface area contributed by atoms with Crippen LogP contribution in [-0.2, 0) is 14.4 Å². The lowest BCUT2D eigenvalue weighted by atomic mass is 10.1. The van der Waals surface area contributed by atoms with Gasteiger partial charge < -0.3 is 4.90 Å². The molecule has 0 rings (SSSR count). The highest BCUT2D eigenvalue weighted by Crippen LogP contribution is 1.99. The quantitative estimate of drug-likeness (QED) is 0.471. The van der Waals surface area contributed by atoms with Gasteiger partial charge in [0, 0.05) is 19.5 Å². The topological polar surface area (TPSA) is 54.5 Å². The maximum atomic E-state index is 11.5. The van der Waals surface area contributed by atoms with Crippen LogP contribution in [0.25, 0.3) is 0 Å². The Morgan fingerprint density at radius 3 is 1.93 bits per heavy atom. The Hall–Kier alpha value is -1.19. The number of hydrogen-bond acceptors (Lipinski definition) is 3. The Kier molecular flexibility index (Phi) is 6.58. The summed E-state index contributed by atoms with van der Waals surface area (Å²) in [7, 11) is 0. The third-order valence-corrected chi connectivity index (χ3v) is 2.26. The van der Waals surface area contributed by atoms with Crippen LogP contribution in [0.2, 0.25) is 0 Å². The second-order valence-corrected chi connectivity index (χ2v) is 3.33. The van der Waals surface area contributed by atoms with E-state index >= 15 is 0 Å². The Bertz CT molecular complexity index is 244. The summed E-state index contributed by atoms with van der Waals surface area (Å²) < 4.78 is 0. The average Bonchev–Trinajstić information content (AvgIpc) is 2.26. The molecule has 4 nitrogen and oxygen atoms in total. The highest BCUT2D eigenvalue weighted by atomic mass is 16.2. The lowest BCUT2D eigenvalue weighted by molar-refractivity contribution is -0.149. The fourth-order valence-electron chi connectivity index (χ4n) is 1.22. The van der Waals surface area contributed by atoms with Crippen molar-refractivity contribution in [1.29, 1.82) is 0 Å². The number of likely N-dealkylation sites (N-methyl/N-ethyl adjacent to an activating group) is 1. The molecule has 0 aliphatic rings. The fourth-order valence-corrected chi connectivity index (χ4v) is 1.22. The molecule has 0 atom stereocenters. The van der Waals surface area contributed by atoms with E-state index in [1.54, 1.807) is 13.8 Å². The summed E-state index contributed by atoms with van der Waals surface area (Å²) in [4.78, 5) is 35.5. The number of carbonyl (C=O) groups excluding carboxylic acids is 3. The molecule has 0 saturated heterocycles. The number of unbranched alkanes of at least 4 members (excludes halogenated alkanes) is 1. The van der Waals surface area contributed by atoms with Crippen molar-refractivity contribution in [3.63, 3.8) is 0 Å². The SMILES string of the molecule is CCCCC(=O)C(=O)C(=O)N(CC)CC. The zero-order chi connectivity index (χ0) is 11.8. The monoisotopic (exact) mass is 213 g/mol. The molecule has 0 unspecified atom stereocenters. The third-order valence-electron chi connectivity index (χ3n) is 2.26. The van der Waals surface area contributed by atoms with E-state index in [4.69, 9.17) is 0 Å². The standard InChI is InChI=1S/C11H19NO3/c1-4-7-8-9(13)10(14)11(15)12(5-2)6-3/h4-8H2,1-3H3. The van der Waals surface area contributed by atoms with Gasteiger partial charge in [-0.05, 0) is 20.3 Å². The molecule has 15 heavy (non-hydrogen) atoms. The zero-order valence-electron chi connectivity index (χ0n) is 9.71. The van der Waals surface area contributed by atoms with Gasteiger partial charge in [0.25, 0.3) is 11.7 Å². The number of carbonyl (C=O) groups is 3. The first-order valence-corrected chi connectivity index (χ1v) is 5.44. The number of Topliss-reactive ketones (excluding diaryl/α,β-unsaturated/α-hetero) is 2. The molecule has 86 valence electrons. The number of amides is 1. The van der Waals surface area contributed by atoms with Crippen molar-refractivity contribution in [2.45, 2.75) is 40.0 Å². The van der Waals surface area contributed by atoms with Crippen molar-refractivity contribution >= 4 is 17.5 Å². The van der Waals surface area contributed by atoms with Crippen LogP contribution >= 0.6 is 0 Å². The van der Waals surface area contributed by atoms with Gasteiger partial charge in [0.1, 0.15) is 0 Å². The van der Waals surface area contributed by atoms with Crippen molar-refractivity contribution in [3.05, 3.63) is 0 Å². The van der Waals surface area contributed by atoms with Crippen LogP contribution in [0.4, 0.5) is 0 Å². The number of hydrogen-bond donors (Lipinski definition) is 0. The first kappa shape index (κ1) is 13.8. The van der Waals surface area contributed by atoms with Gasteiger partial charge in [-0.1, -0.05) is 13.3 Å². The van der Waals surface area contributed by atoms with Gasteiger partial charge in [0.2, 0.25) is 5.78 Å². The maximum absolute atomic E-state index is 11.5. The van der Waals surface area contributed by atoms with Crippen molar-refractivity contribution in [1.82, 2.24) is 4.90 Å². The van der Waals surface area contributed by atoms with Crippen LogP contribution in [0.5, 0.6) is 0 Å². The van der Waals surface area contributed by atoms with E-state index in [1.165, 1.54) is 4.90 Å². The summed E-state index contributed by atoms with van der Waals surface area (Å²) >= 11 is 0. The van der Waals surface area contributed by atoms with Crippen molar-refractivity contribution in [3.8, 4) is 0 Å². The second-order valence-electron chi connectivity index (χ2n) is 3.33. The lowest BCUT2D eigenvalue weighted by Crippen LogP contribution is -2.39. The van der Waals surface area contributed by atoms with Gasteiger partial charge in [-0.2, -0.15) is 0 Å². The summed E-state index contributed by atoms with van der Waals surface area (Å²) in [5.41, 5.74) is 0. The van der Waals surface area contributed by atoms with E-state index in [1.807, 2.05) is 6.92 Å². The minimum absolute atomic E-state index is 0.183. The van der Waals surface area contributed by atoms with E-state index in [-0.39, 0.29) is 6.42 Å². The van der Waals surface area contributed by atoms with Crippen LogP contribution in [0.1, 0.15) is 40.0 Å². The van der Waals surface area contributed by atoms with Crippen LogP contribution in [0, 0.1) is 0 Å². The molecule has 0 N–H and O–H groups in total. The van der Waals surface area contributed by atoms with E-state index in [0.717, 1.165) is 6.42 Å². The van der Waals surface area contributed by atoms with Crippen molar-refractivity contribution < 1.29 is 14.4 Å². The van der Waals surface area contributed by atoms with Crippen LogP contribution in [0.3, 0.4) is 0 Å². The predicted octanol–water partition coefficient (Wildman–Crippen LogP) is 1.18. The van der Waals surface area contributed by atoms with Gasteiger partial charge in [-0.15, -0.1) is 0 Å². The first-order chi connectivity index (χ1) is 7.08. The molecule has 0 aliphatic carbocycles. The molecule has 0 radical (unpaired) electrons. The predicted molar refractivity (Wildman–Crippen MR) is 57.5 cm³/mol. The number of ketones is 2. The Morgan fingerprint density at radius 2 is 1.53 bits per heavy atom. The zero-order valence-corrected chi connectivity index (χ0v) is 9.71. The summed E-state index contributed by atoms with van der Waals surface area (Å²) in [6.45, 7) is 6.42. The second kappa shape index (κ2) is 7.15. The first-order valence-electron chi connectivity index (χ1n) is 5.44. The number of nitrogens with zero attached hydrogens (tertiary/aromatic N) is 1. The summed E-state index contributed by atoms with van der Waals surface area (Å²) in [5, 5.41) is 0. The molecule has 1 amide bonds. The van der Waals surface area contributed by atoms with E-state index < -0.39 is 17.5 Å². The molecule has 0 heterocycles. The number of rotatable bonds is 7. The summed E-state index contributed by atoms with van der Waals surface area (Å²) in [6.07, 6.45) is 1.69. The van der Waals surface area contributed by atoms with Crippen molar-refractivity contribution in [2.24, 2.45) is 0 Å². The Morgan fingerprint density at radius 1 is 1.00 bits per heavy atom. The average molecular weight is 213 g/mol. The molecule has 0 aromatic heterocycles. The minimum Gasteiger partial charge on any atom is -0.336 e. The molecule has 4 heteroatoms. The van der Waals surface area contributed by atoms with Gasteiger partial charge >= 0.3 is 0 Å². The van der Waals surface area contributed by atoms with E-state index in [0.29, 0.717) is 19.5 Å². The summed E-state index contributed by atoms with van der Waals surface area (Å²) in [6, 6.07) is 0. The molecule has 0 aromatic rings. The van der Waals surface area contributed by atoms with Gasteiger partial charge in [0.15, 0.2) is 0 Å². The highest BCUT2D eigenvalue weighted by Gasteiger charge is 2.25. The van der Waals surface area contributed by atoms with Gasteiger partial charge in [0.05, 0.1) is 0 Å². The molecule has 0 aromatic carbocycles. The molecule has 0 saturated carbocycles. The molecular weight excluding hydrogens is 194 g/mol. The smallest absolute Gasteiger partial charge is 0.298 e. The van der Waals surface area contributed by atoms with Crippen molar-refractivity contribution in [2.75, 3.05) is 13.1 Å². The largest absolute Gasteiger partial charge is 0.336 e. The Labute approximate surface area is 90.6 Å². The fraction of sp³-hybridized carbons (Fsp3) is 0.727. The van der Waals surface area contributed by atoms with E-state index in [2.05, 4.69) is 0 Å². The van der Waals surface area contributed by atoms with Gasteiger partial charge in [-0.3, -0.25) is 14.4 Å². The highest BCUT2D eigenvalue weighted by molar-refractivity contribution is 6.63. The lowest BCUT2D eigenvalue weighted by Gasteiger charge is -2.16. The molecule has 0 fully saturated rings. The minimum atomic E-state index is -0.868. The normalized spacial score (nSPS) is 9.80. The molecule has 0 spiro atoms. The maximum Gasteiger partial charge on any atom is 0.298 e. The molecule has 0 bridgehead atoms. The van der Waals surface area contributed by atoms with Crippen LogP contribution < -0.4 is 0 Å².